The van der Waals surface area contributed by atoms with Gasteiger partial charge in [0.2, 0.25) is 0 Å². The van der Waals surface area contributed by atoms with Gasteiger partial charge in [-0.05, 0) is 64.8 Å². The number of nitrogens with zero attached hydrogens (tertiary/aromatic N) is 2. The lowest BCUT2D eigenvalue weighted by Gasteiger charge is -2.28. The number of ether oxygens (including phenoxy) is 3. The maximum Gasteiger partial charge on any atom is 0.410 e. The molecule has 0 saturated carbocycles. The Hall–Kier alpha value is -3.01. The molecular weight excluding hydrogens is 372 g/mol. The topological polar surface area (TPSA) is 88.9 Å². The summed E-state index contributed by atoms with van der Waals surface area (Å²) in [5.74, 6) is 0.0235. The lowest BCUT2D eigenvalue weighted by atomic mass is 10.1. The van der Waals surface area contributed by atoms with Gasteiger partial charge in [0.05, 0.1) is 24.3 Å². The van der Waals surface area contributed by atoms with Crippen LogP contribution in [0, 0.1) is 11.3 Å². The minimum Gasteiger partial charge on any atom is -0.491 e. The Balaban J connectivity index is 2.11. The summed E-state index contributed by atoms with van der Waals surface area (Å²) in [5, 5.41) is 9.18. The van der Waals surface area contributed by atoms with Crippen LogP contribution in [-0.2, 0) is 14.3 Å². The Morgan fingerprint density at radius 3 is 2.76 bits per heavy atom. The van der Waals surface area contributed by atoms with E-state index < -0.39 is 11.6 Å². The van der Waals surface area contributed by atoms with Crippen molar-refractivity contribution in [3.63, 3.8) is 0 Å². The van der Waals surface area contributed by atoms with Crippen molar-refractivity contribution in [1.29, 1.82) is 5.26 Å². The molecule has 156 valence electrons. The number of benzene rings is 1. The van der Waals surface area contributed by atoms with E-state index in [4.69, 9.17) is 14.2 Å². The largest absolute Gasteiger partial charge is 0.491 e. The van der Waals surface area contributed by atoms with Crippen LogP contribution in [0.1, 0.15) is 51.7 Å². The van der Waals surface area contributed by atoms with E-state index >= 15 is 0 Å². The molecule has 1 aromatic rings. The van der Waals surface area contributed by atoms with Crippen molar-refractivity contribution in [3.8, 4) is 11.8 Å². The average molecular weight is 400 g/mol. The first-order valence-corrected chi connectivity index (χ1v) is 9.75. The smallest absolute Gasteiger partial charge is 0.410 e. The molecule has 0 bridgehead atoms. The summed E-state index contributed by atoms with van der Waals surface area (Å²) in [5.41, 5.74) is 0.541. The Morgan fingerprint density at radius 1 is 1.34 bits per heavy atom. The third kappa shape index (κ3) is 6.83. The number of esters is 1. The minimum atomic E-state index is -0.558. The van der Waals surface area contributed by atoms with Crippen LogP contribution in [0.15, 0.2) is 24.3 Å². The number of carbonyl (C=O) groups is 2. The highest BCUT2D eigenvalue weighted by Crippen LogP contribution is 2.25. The van der Waals surface area contributed by atoms with Crippen molar-refractivity contribution in [2.75, 3.05) is 19.8 Å². The summed E-state index contributed by atoms with van der Waals surface area (Å²) in [6.07, 6.45) is 4.25. The van der Waals surface area contributed by atoms with Crippen molar-refractivity contribution in [2.24, 2.45) is 0 Å². The van der Waals surface area contributed by atoms with Crippen molar-refractivity contribution in [1.82, 2.24) is 4.90 Å². The van der Waals surface area contributed by atoms with Crippen LogP contribution in [0.5, 0.6) is 5.75 Å². The summed E-state index contributed by atoms with van der Waals surface area (Å²) in [4.78, 5) is 25.7. The minimum absolute atomic E-state index is 0.113. The van der Waals surface area contributed by atoms with Gasteiger partial charge in [0.1, 0.15) is 18.0 Å². The van der Waals surface area contributed by atoms with Gasteiger partial charge in [-0.1, -0.05) is 0 Å². The Labute approximate surface area is 171 Å². The lowest BCUT2D eigenvalue weighted by Crippen LogP contribution is -2.42. The van der Waals surface area contributed by atoms with Gasteiger partial charge in [0.25, 0.3) is 0 Å². The molecule has 1 aliphatic rings. The molecule has 0 aromatic heterocycles. The molecule has 0 radical (unpaired) electrons. The molecule has 7 heteroatoms. The van der Waals surface area contributed by atoms with E-state index in [0.29, 0.717) is 30.0 Å². The Morgan fingerprint density at radius 2 is 2.10 bits per heavy atom. The number of likely N-dealkylation sites (tertiary alicyclic amines) is 1. The molecule has 0 spiro atoms. The van der Waals surface area contributed by atoms with Crippen molar-refractivity contribution < 1.29 is 23.8 Å². The van der Waals surface area contributed by atoms with E-state index in [2.05, 4.69) is 6.07 Å². The van der Waals surface area contributed by atoms with Gasteiger partial charge in [-0.3, -0.25) is 0 Å². The molecule has 1 heterocycles. The third-order valence-electron chi connectivity index (χ3n) is 4.26. The first kappa shape index (κ1) is 22.3. The SMILES string of the molecule is CCOC(=O)C=Cc1ccc(C#N)cc1OC[C@H]1CCCN1C(=O)OC(C)(C)C. The van der Waals surface area contributed by atoms with E-state index in [-0.39, 0.29) is 18.7 Å². The molecule has 0 aliphatic carbocycles. The standard InChI is InChI=1S/C22H28N2O5/c1-5-27-20(25)11-10-17-9-8-16(14-23)13-19(17)28-15-18-7-6-12-24(18)21(26)29-22(2,3)4/h8-11,13,18H,5-7,12,15H2,1-4H3/t18-/m1/s1. The molecule has 1 aliphatic heterocycles. The van der Waals surface area contributed by atoms with Crippen LogP contribution in [0.2, 0.25) is 0 Å². The van der Waals surface area contributed by atoms with Gasteiger partial charge < -0.3 is 19.1 Å². The van der Waals surface area contributed by atoms with Crippen LogP contribution in [0.4, 0.5) is 4.79 Å². The zero-order valence-corrected chi connectivity index (χ0v) is 17.4. The summed E-state index contributed by atoms with van der Waals surface area (Å²) >= 11 is 0. The van der Waals surface area contributed by atoms with Crippen LogP contribution in [0.3, 0.4) is 0 Å². The highest BCUT2D eigenvalue weighted by Gasteiger charge is 2.32. The fourth-order valence-corrected chi connectivity index (χ4v) is 2.97. The zero-order valence-electron chi connectivity index (χ0n) is 17.4. The van der Waals surface area contributed by atoms with E-state index in [0.717, 1.165) is 12.8 Å². The summed E-state index contributed by atoms with van der Waals surface area (Å²) < 4.78 is 16.3. The predicted octanol–water partition coefficient (Wildman–Crippen LogP) is 3.91. The monoisotopic (exact) mass is 400 g/mol. The fourth-order valence-electron chi connectivity index (χ4n) is 2.97. The molecular formula is C22H28N2O5. The Kier molecular flexibility index (Phi) is 7.66. The molecule has 1 fully saturated rings. The van der Waals surface area contributed by atoms with Crippen molar-refractivity contribution >= 4 is 18.1 Å². The number of nitriles is 1. The second-order valence-corrected chi connectivity index (χ2v) is 7.73. The molecule has 1 atom stereocenters. The number of rotatable bonds is 6. The second-order valence-electron chi connectivity index (χ2n) is 7.73. The molecule has 1 aromatic carbocycles. The summed E-state index contributed by atoms with van der Waals surface area (Å²) in [6, 6.07) is 6.95. The number of hydrogen-bond acceptors (Lipinski definition) is 6. The number of amides is 1. The molecule has 7 nitrogen and oxygen atoms in total. The molecule has 1 saturated heterocycles. The first-order valence-electron chi connectivity index (χ1n) is 9.75. The molecule has 1 amide bonds. The highest BCUT2D eigenvalue weighted by atomic mass is 16.6. The fraction of sp³-hybridized carbons (Fsp3) is 0.500. The van der Waals surface area contributed by atoms with E-state index in [1.54, 1.807) is 36.1 Å². The van der Waals surface area contributed by atoms with Crippen molar-refractivity contribution in [3.05, 3.63) is 35.4 Å². The molecule has 0 unspecified atom stereocenters. The molecule has 2 rings (SSSR count). The third-order valence-corrected chi connectivity index (χ3v) is 4.26. The van der Waals surface area contributed by atoms with Gasteiger partial charge in [-0.2, -0.15) is 5.26 Å². The van der Waals surface area contributed by atoms with Crippen LogP contribution >= 0.6 is 0 Å². The number of hydrogen-bond donors (Lipinski definition) is 0. The van der Waals surface area contributed by atoms with E-state index in [9.17, 15) is 14.9 Å². The maximum atomic E-state index is 12.4. The normalized spacial score (nSPS) is 16.5. The van der Waals surface area contributed by atoms with Crippen LogP contribution < -0.4 is 4.74 Å². The average Bonchev–Trinajstić information content (AvgIpc) is 3.12. The van der Waals surface area contributed by atoms with Crippen molar-refractivity contribution in [2.45, 2.75) is 52.2 Å². The lowest BCUT2D eigenvalue weighted by molar-refractivity contribution is -0.137. The zero-order chi connectivity index (χ0) is 21.4. The van der Waals surface area contributed by atoms with Gasteiger partial charge in [0, 0.05) is 18.2 Å². The van der Waals surface area contributed by atoms with E-state index in [1.165, 1.54) is 6.08 Å². The second kappa shape index (κ2) is 9.97. The molecule has 0 N–H and O–H groups in total. The Bertz CT molecular complexity index is 804. The highest BCUT2D eigenvalue weighted by molar-refractivity contribution is 5.87. The first-order chi connectivity index (χ1) is 13.7. The number of carbonyl (C=O) groups excluding carboxylic acids is 2. The molecule has 29 heavy (non-hydrogen) atoms. The van der Waals surface area contributed by atoms with E-state index in [1.807, 2.05) is 20.8 Å². The van der Waals surface area contributed by atoms with Gasteiger partial charge in [-0.25, -0.2) is 9.59 Å². The van der Waals surface area contributed by atoms with Gasteiger partial charge in [-0.15, -0.1) is 0 Å². The summed E-state index contributed by atoms with van der Waals surface area (Å²) in [6.45, 7) is 8.43. The quantitative estimate of drug-likeness (QED) is 0.531. The maximum absolute atomic E-state index is 12.4. The van der Waals surface area contributed by atoms with Gasteiger partial charge in [0.15, 0.2) is 0 Å². The van der Waals surface area contributed by atoms with Gasteiger partial charge >= 0.3 is 12.1 Å². The predicted molar refractivity (Wildman–Crippen MR) is 108 cm³/mol. The van der Waals surface area contributed by atoms with Crippen LogP contribution in [-0.4, -0.2) is 48.4 Å². The van der Waals surface area contributed by atoms with Crippen LogP contribution in [0.25, 0.3) is 6.08 Å². The summed E-state index contributed by atoms with van der Waals surface area (Å²) in [7, 11) is 0.